The maximum absolute atomic E-state index is 4.44. The molecule has 1 saturated carbocycles. The van der Waals surface area contributed by atoms with E-state index in [0.29, 0.717) is 17.4 Å². The van der Waals surface area contributed by atoms with Crippen molar-refractivity contribution < 1.29 is 0 Å². The first kappa shape index (κ1) is 12.5. The highest BCUT2D eigenvalue weighted by molar-refractivity contribution is 5.05. The van der Waals surface area contributed by atoms with Crippen LogP contribution in [0.15, 0.2) is 18.6 Å². The molecule has 0 saturated heterocycles. The molecule has 1 aromatic heterocycles. The van der Waals surface area contributed by atoms with Crippen LogP contribution in [0.2, 0.25) is 0 Å². The van der Waals surface area contributed by atoms with Crippen LogP contribution in [0, 0.1) is 11.3 Å². The summed E-state index contributed by atoms with van der Waals surface area (Å²) < 4.78 is 0. The first-order valence-electron chi connectivity index (χ1n) is 6.55. The van der Waals surface area contributed by atoms with Crippen molar-refractivity contribution in [1.82, 2.24) is 15.3 Å². The molecular formula is C14H23N3. The summed E-state index contributed by atoms with van der Waals surface area (Å²) in [6.45, 7) is 4.75. The molecule has 1 aromatic rings. The smallest absolute Gasteiger partial charge is 0.0758 e. The first-order valence-corrected chi connectivity index (χ1v) is 6.55. The molecule has 1 fully saturated rings. The third-order valence-corrected chi connectivity index (χ3v) is 4.07. The maximum atomic E-state index is 4.44. The van der Waals surface area contributed by atoms with Gasteiger partial charge in [0.05, 0.1) is 11.7 Å². The molecule has 0 aliphatic heterocycles. The van der Waals surface area contributed by atoms with Crippen LogP contribution in [-0.4, -0.2) is 17.0 Å². The number of hydrogen-bond acceptors (Lipinski definition) is 3. The van der Waals surface area contributed by atoms with Gasteiger partial charge in [-0.05, 0) is 44.1 Å². The van der Waals surface area contributed by atoms with E-state index in [1.807, 2.05) is 13.2 Å². The standard InChI is InChI=1S/C14H23N3/c1-14(2)6-4-11(5-7-14)13(15-3)12-10-16-8-9-17-12/h8-11,13,15H,4-7H2,1-3H3. The van der Waals surface area contributed by atoms with E-state index < -0.39 is 0 Å². The van der Waals surface area contributed by atoms with E-state index in [1.54, 1.807) is 12.4 Å². The van der Waals surface area contributed by atoms with Crippen LogP contribution in [0.25, 0.3) is 0 Å². The number of hydrogen-bond donors (Lipinski definition) is 1. The second-order valence-electron chi connectivity index (χ2n) is 5.90. The van der Waals surface area contributed by atoms with Crippen molar-refractivity contribution in [1.29, 1.82) is 0 Å². The molecule has 1 N–H and O–H groups in total. The molecular weight excluding hydrogens is 210 g/mol. The van der Waals surface area contributed by atoms with Crippen molar-refractivity contribution in [3.63, 3.8) is 0 Å². The summed E-state index contributed by atoms with van der Waals surface area (Å²) >= 11 is 0. The molecule has 3 nitrogen and oxygen atoms in total. The molecule has 0 bridgehead atoms. The lowest BCUT2D eigenvalue weighted by Gasteiger charge is -2.37. The Kier molecular flexibility index (Phi) is 3.77. The minimum Gasteiger partial charge on any atom is -0.311 e. The van der Waals surface area contributed by atoms with E-state index >= 15 is 0 Å². The minimum atomic E-state index is 0.361. The highest BCUT2D eigenvalue weighted by Crippen LogP contribution is 2.42. The van der Waals surface area contributed by atoms with Gasteiger partial charge in [-0.2, -0.15) is 0 Å². The zero-order valence-electron chi connectivity index (χ0n) is 11.1. The number of rotatable bonds is 3. The predicted octanol–water partition coefficient (Wildman–Crippen LogP) is 2.95. The molecule has 1 atom stereocenters. The largest absolute Gasteiger partial charge is 0.311 e. The Morgan fingerprint density at radius 1 is 1.29 bits per heavy atom. The van der Waals surface area contributed by atoms with Gasteiger partial charge in [-0.25, -0.2) is 0 Å². The molecule has 1 aliphatic rings. The topological polar surface area (TPSA) is 37.8 Å². The van der Waals surface area contributed by atoms with Crippen molar-refractivity contribution in [2.75, 3.05) is 7.05 Å². The summed E-state index contributed by atoms with van der Waals surface area (Å²) in [5.74, 6) is 0.699. The van der Waals surface area contributed by atoms with Crippen molar-refractivity contribution >= 4 is 0 Å². The van der Waals surface area contributed by atoms with Crippen LogP contribution in [0.3, 0.4) is 0 Å². The molecule has 0 amide bonds. The average Bonchev–Trinajstić information content (AvgIpc) is 2.33. The third kappa shape index (κ3) is 3.03. The summed E-state index contributed by atoms with van der Waals surface area (Å²) in [7, 11) is 2.03. The Bertz CT molecular complexity index is 338. The van der Waals surface area contributed by atoms with E-state index in [-0.39, 0.29) is 0 Å². The van der Waals surface area contributed by atoms with Crippen LogP contribution in [0.5, 0.6) is 0 Å². The minimum absolute atomic E-state index is 0.361. The van der Waals surface area contributed by atoms with Crippen molar-refractivity contribution in [3.8, 4) is 0 Å². The summed E-state index contributed by atoms with van der Waals surface area (Å²) in [6, 6.07) is 0.361. The number of nitrogens with one attached hydrogen (secondary N) is 1. The first-order chi connectivity index (χ1) is 8.12. The molecule has 2 rings (SSSR count). The van der Waals surface area contributed by atoms with E-state index in [4.69, 9.17) is 0 Å². The van der Waals surface area contributed by atoms with Crippen LogP contribution in [-0.2, 0) is 0 Å². The van der Waals surface area contributed by atoms with Gasteiger partial charge in [0.15, 0.2) is 0 Å². The van der Waals surface area contributed by atoms with E-state index in [2.05, 4.69) is 29.1 Å². The highest BCUT2D eigenvalue weighted by atomic mass is 14.9. The Labute approximate surface area is 104 Å². The van der Waals surface area contributed by atoms with Crippen molar-refractivity contribution in [2.24, 2.45) is 11.3 Å². The molecule has 94 valence electrons. The van der Waals surface area contributed by atoms with Crippen molar-refractivity contribution in [3.05, 3.63) is 24.3 Å². The summed E-state index contributed by atoms with van der Waals surface area (Å²) in [5, 5.41) is 3.41. The zero-order valence-corrected chi connectivity index (χ0v) is 11.1. The van der Waals surface area contributed by atoms with Gasteiger partial charge in [0, 0.05) is 18.6 Å². The second-order valence-corrected chi connectivity index (χ2v) is 5.90. The second kappa shape index (κ2) is 5.13. The van der Waals surface area contributed by atoms with Gasteiger partial charge >= 0.3 is 0 Å². The van der Waals surface area contributed by atoms with Gasteiger partial charge in [-0.15, -0.1) is 0 Å². The quantitative estimate of drug-likeness (QED) is 0.872. The van der Waals surface area contributed by atoms with Crippen LogP contribution in [0.4, 0.5) is 0 Å². The third-order valence-electron chi connectivity index (χ3n) is 4.07. The Hall–Kier alpha value is -0.960. The van der Waals surface area contributed by atoms with Gasteiger partial charge in [-0.1, -0.05) is 13.8 Å². The maximum Gasteiger partial charge on any atom is 0.0758 e. The lowest BCUT2D eigenvalue weighted by molar-refractivity contribution is 0.163. The van der Waals surface area contributed by atoms with E-state index in [0.717, 1.165) is 5.69 Å². The zero-order chi connectivity index (χ0) is 12.3. The van der Waals surface area contributed by atoms with Crippen LogP contribution in [0.1, 0.15) is 51.3 Å². The van der Waals surface area contributed by atoms with E-state index in [1.165, 1.54) is 25.7 Å². The monoisotopic (exact) mass is 233 g/mol. The molecule has 3 heteroatoms. The Morgan fingerprint density at radius 2 is 2.00 bits per heavy atom. The molecule has 1 aliphatic carbocycles. The van der Waals surface area contributed by atoms with Gasteiger partial charge in [-0.3, -0.25) is 9.97 Å². The van der Waals surface area contributed by atoms with Gasteiger partial charge in [0.2, 0.25) is 0 Å². The van der Waals surface area contributed by atoms with Crippen LogP contribution < -0.4 is 5.32 Å². The molecule has 17 heavy (non-hydrogen) atoms. The van der Waals surface area contributed by atoms with Crippen LogP contribution >= 0.6 is 0 Å². The lowest BCUT2D eigenvalue weighted by Crippen LogP contribution is -2.31. The summed E-state index contributed by atoms with van der Waals surface area (Å²) in [4.78, 5) is 8.61. The number of nitrogens with zero attached hydrogens (tertiary/aromatic N) is 2. The summed E-state index contributed by atoms with van der Waals surface area (Å²) in [5.41, 5.74) is 1.61. The molecule has 0 aromatic carbocycles. The van der Waals surface area contributed by atoms with Crippen molar-refractivity contribution in [2.45, 2.75) is 45.6 Å². The lowest BCUT2D eigenvalue weighted by atomic mass is 9.71. The predicted molar refractivity (Wildman–Crippen MR) is 69.6 cm³/mol. The molecule has 1 heterocycles. The van der Waals surface area contributed by atoms with E-state index in [9.17, 15) is 0 Å². The molecule has 0 radical (unpaired) electrons. The highest BCUT2D eigenvalue weighted by Gasteiger charge is 2.31. The summed E-state index contributed by atoms with van der Waals surface area (Å²) in [6.07, 6.45) is 10.6. The SMILES string of the molecule is CNC(c1cnccn1)C1CCC(C)(C)CC1. The molecule has 1 unspecified atom stereocenters. The fourth-order valence-electron chi connectivity index (χ4n) is 2.85. The number of aromatic nitrogens is 2. The van der Waals surface area contributed by atoms with Gasteiger partial charge < -0.3 is 5.32 Å². The fraction of sp³-hybridized carbons (Fsp3) is 0.714. The van der Waals surface area contributed by atoms with Gasteiger partial charge in [0.1, 0.15) is 0 Å². The average molecular weight is 233 g/mol. The van der Waals surface area contributed by atoms with Gasteiger partial charge in [0.25, 0.3) is 0 Å². The molecule has 0 spiro atoms. The Balaban J connectivity index is 2.05. The Morgan fingerprint density at radius 3 is 2.53 bits per heavy atom. The normalized spacial score (nSPS) is 22.3. The fourth-order valence-corrected chi connectivity index (χ4v) is 2.85.